The maximum atomic E-state index is 11.1. The van der Waals surface area contributed by atoms with Crippen LogP contribution in [0.15, 0.2) is 0 Å². The topological polar surface area (TPSA) is 45.8 Å². The van der Waals surface area contributed by atoms with Gasteiger partial charge in [0.05, 0.1) is 5.69 Å². The lowest BCUT2D eigenvalue weighted by molar-refractivity contribution is 0.0979. The average molecular weight is 200 g/mol. The number of H-pyrrole nitrogens is 1. The Bertz CT molecular complexity index is 263. The lowest BCUT2D eigenvalue weighted by atomic mass is 10.3. The molecule has 0 aliphatic heterocycles. The van der Waals surface area contributed by atoms with Crippen LogP contribution >= 0.6 is 0 Å². The number of hydrogen-bond donors (Lipinski definition) is 1. The van der Waals surface area contributed by atoms with Gasteiger partial charge in [-0.25, -0.2) is 4.98 Å². The molecule has 0 saturated carbocycles. The third kappa shape index (κ3) is 3.73. The monoisotopic (exact) mass is 200 g/mol. The summed E-state index contributed by atoms with van der Waals surface area (Å²) in [5.74, 6) is 0.559. The minimum absolute atomic E-state index is 0.0706. The second kappa shape index (κ2) is 7.30. The number of aromatic nitrogens is 2. The first kappa shape index (κ1) is 12.9. The lowest BCUT2D eigenvalue weighted by Crippen LogP contribution is -1.98. The van der Waals surface area contributed by atoms with Crippen LogP contribution in [-0.2, 0) is 0 Å². The Labute approximate surface area is 88.4 Å². The number of nitrogens with one attached hydrogen (secondary N) is 1. The third-order valence-corrected chi connectivity index (χ3v) is 1.71. The van der Waals surface area contributed by atoms with Gasteiger partial charge >= 0.3 is 0 Å². The van der Waals surface area contributed by atoms with Crippen LogP contribution in [-0.4, -0.2) is 15.8 Å². The molecule has 0 aliphatic rings. The van der Waals surface area contributed by atoms with Gasteiger partial charge < -0.3 is 4.98 Å². The molecule has 3 heteroatoms. The maximum Gasteiger partial charge on any atom is 0.197 e. The largest absolute Gasteiger partial charge is 0.339 e. The number of imidazole rings is 1. The highest BCUT2D eigenvalue weighted by Crippen LogP contribution is 2.04. The summed E-state index contributed by atoms with van der Waals surface area (Å²) in [6, 6.07) is 0. The van der Waals surface area contributed by atoms with E-state index < -0.39 is 0 Å². The molecule has 0 radical (unpaired) electrons. The van der Waals surface area contributed by atoms with E-state index in [1.54, 1.807) is 0 Å². The molecular weight excluding hydrogens is 176 g/mol. The molecule has 1 aromatic rings. The molecule has 1 aromatic heterocycles. The SMILES string of the molecule is CC.CCC(=O)c1nc(C)c(C)[nH]1.[3H]C. The van der Waals surface area contributed by atoms with Crippen LogP contribution < -0.4 is 0 Å². The average Bonchev–Trinajstić information content (AvgIpc) is 2.64. The van der Waals surface area contributed by atoms with Gasteiger partial charge in [-0.15, -0.1) is 0 Å². The number of ketones is 1. The van der Waals surface area contributed by atoms with Crippen molar-refractivity contribution in [3.63, 3.8) is 0 Å². The fourth-order valence-electron chi connectivity index (χ4n) is 0.847. The molecule has 0 aliphatic carbocycles. The predicted octanol–water partition coefficient (Wildman–Crippen LogP) is 3.28. The van der Waals surface area contributed by atoms with E-state index >= 15 is 0 Å². The van der Waals surface area contributed by atoms with Crippen molar-refractivity contribution >= 4 is 5.78 Å². The standard InChI is InChI=1S/C8H12N2O.C2H6.CH4/c1-4-7(11)8-9-5(2)6(3)10-8;1-2;/h4H2,1-3H3,(H,9,10);1-2H3;1H4/i;;1T. The zero-order valence-corrected chi connectivity index (χ0v) is 10.1. The highest BCUT2D eigenvalue weighted by molar-refractivity contribution is 5.92. The van der Waals surface area contributed by atoms with Crippen molar-refractivity contribution in [1.29, 1.82) is 0 Å². The summed E-state index contributed by atoms with van der Waals surface area (Å²) in [6.07, 6.45) is 0.506. The molecule has 1 heterocycles. The van der Waals surface area contributed by atoms with Crippen LogP contribution in [0.5, 0.6) is 0 Å². The number of carbonyl (C=O) groups is 1. The number of nitrogens with zero attached hydrogens (tertiary/aromatic N) is 1. The van der Waals surface area contributed by atoms with Gasteiger partial charge in [0.25, 0.3) is 0 Å². The minimum Gasteiger partial charge on any atom is -0.339 e. The zero-order chi connectivity index (χ0) is 12.4. The molecule has 0 spiro atoms. The number of Topliss-reactive ketones (excluding diaryl/α,β-unsaturated/α-hetero) is 1. The van der Waals surface area contributed by atoms with Crippen molar-refractivity contribution in [3.05, 3.63) is 17.2 Å². The van der Waals surface area contributed by atoms with Crippen LogP contribution in [0.1, 0.15) is 58.0 Å². The molecular formula is C11H22N2O. The zero-order valence-electron chi connectivity index (χ0n) is 11.1. The van der Waals surface area contributed by atoms with Crippen LogP contribution in [0, 0.1) is 13.8 Å². The molecule has 14 heavy (non-hydrogen) atoms. The molecule has 0 saturated heterocycles. The molecule has 0 bridgehead atoms. The van der Waals surface area contributed by atoms with Crippen molar-refractivity contribution in [2.75, 3.05) is 0 Å². The first-order valence-electron chi connectivity index (χ1n) is 5.71. The molecule has 0 unspecified atom stereocenters. The van der Waals surface area contributed by atoms with E-state index in [2.05, 4.69) is 9.97 Å². The summed E-state index contributed by atoms with van der Waals surface area (Å²) in [4.78, 5) is 18.1. The summed E-state index contributed by atoms with van der Waals surface area (Å²) >= 11 is 0. The van der Waals surface area contributed by atoms with Gasteiger partial charge in [0, 0.05) is 13.5 Å². The Kier molecular flexibility index (Phi) is 6.72. The van der Waals surface area contributed by atoms with E-state index in [1.165, 1.54) is 7.40 Å². The number of rotatable bonds is 2. The van der Waals surface area contributed by atoms with Crippen LogP contribution in [0.25, 0.3) is 0 Å². The molecule has 0 fully saturated rings. The van der Waals surface area contributed by atoms with Crippen molar-refractivity contribution < 1.29 is 6.17 Å². The summed E-state index contributed by atoms with van der Waals surface area (Å²) in [5, 5.41) is 0. The summed E-state index contributed by atoms with van der Waals surface area (Å²) < 4.78 is 5.75. The van der Waals surface area contributed by atoms with E-state index in [9.17, 15) is 4.79 Å². The Morgan fingerprint density at radius 1 is 1.50 bits per heavy atom. The van der Waals surface area contributed by atoms with Gasteiger partial charge in [-0.3, -0.25) is 4.79 Å². The number of hydrogen-bond acceptors (Lipinski definition) is 2. The molecule has 0 aromatic carbocycles. The number of aryl methyl sites for hydroxylation is 2. The van der Waals surface area contributed by atoms with E-state index in [1.807, 2.05) is 34.6 Å². The second-order valence-corrected chi connectivity index (χ2v) is 2.57. The van der Waals surface area contributed by atoms with Gasteiger partial charge in [0.2, 0.25) is 0 Å². The first-order valence-corrected chi connectivity index (χ1v) is 4.71. The normalized spacial score (nSPS) is 8.86. The molecule has 82 valence electrons. The van der Waals surface area contributed by atoms with Gasteiger partial charge in [0.1, 0.15) is 0 Å². The lowest BCUT2D eigenvalue weighted by Gasteiger charge is -1.87. The first-order chi connectivity index (χ1) is 7.15. The van der Waals surface area contributed by atoms with E-state index in [4.69, 9.17) is 1.37 Å². The van der Waals surface area contributed by atoms with Crippen LogP contribution in [0.3, 0.4) is 0 Å². The van der Waals surface area contributed by atoms with Gasteiger partial charge in [-0.1, -0.05) is 28.2 Å². The maximum absolute atomic E-state index is 11.1. The van der Waals surface area contributed by atoms with Gasteiger partial charge in [0.15, 0.2) is 11.6 Å². The van der Waals surface area contributed by atoms with Crippen molar-refractivity contribution in [2.45, 2.75) is 48.4 Å². The highest BCUT2D eigenvalue weighted by Gasteiger charge is 2.08. The Balaban J connectivity index is 0. The fourth-order valence-corrected chi connectivity index (χ4v) is 0.847. The third-order valence-electron chi connectivity index (χ3n) is 1.71. The molecule has 1 N–H and O–H groups in total. The Morgan fingerprint density at radius 3 is 2.29 bits per heavy atom. The van der Waals surface area contributed by atoms with Crippen LogP contribution in [0.4, 0.5) is 0 Å². The molecule has 0 atom stereocenters. The Hall–Kier alpha value is -1.12. The fraction of sp³-hybridized carbons (Fsp3) is 0.636. The van der Waals surface area contributed by atoms with E-state index in [-0.39, 0.29) is 5.78 Å². The predicted molar refractivity (Wildman–Crippen MR) is 60.8 cm³/mol. The molecule has 3 nitrogen and oxygen atoms in total. The van der Waals surface area contributed by atoms with E-state index in [0.717, 1.165) is 11.4 Å². The smallest absolute Gasteiger partial charge is 0.197 e. The van der Waals surface area contributed by atoms with Crippen molar-refractivity contribution in [3.8, 4) is 0 Å². The minimum atomic E-state index is 0.0706. The molecule has 0 amide bonds. The van der Waals surface area contributed by atoms with Gasteiger partial charge in [-0.05, 0) is 13.8 Å². The summed E-state index contributed by atoms with van der Waals surface area (Å²) in [6.45, 7) is 9.63. The summed E-state index contributed by atoms with van der Waals surface area (Å²) in [5.41, 5.74) is 1.88. The second-order valence-electron chi connectivity index (χ2n) is 2.57. The summed E-state index contributed by atoms with van der Waals surface area (Å²) in [7, 11) is 1.25. The number of carbonyl (C=O) groups excluding carboxylic acids is 1. The number of aromatic amines is 1. The van der Waals surface area contributed by atoms with E-state index in [0.29, 0.717) is 12.2 Å². The highest BCUT2D eigenvalue weighted by atomic mass is 16.1. The van der Waals surface area contributed by atoms with Crippen molar-refractivity contribution in [2.24, 2.45) is 0 Å². The van der Waals surface area contributed by atoms with Crippen molar-refractivity contribution in [1.82, 2.24) is 9.97 Å². The quantitative estimate of drug-likeness (QED) is 0.745. The Morgan fingerprint density at radius 2 is 2.00 bits per heavy atom. The molecule has 1 rings (SSSR count). The van der Waals surface area contributed by atoms with Crippen LogP contribution in [0.2, 0.25) is 0 Å². The van der Waals surface area contributed by atoms with Gasteiger partial charge in [-0.2, -0.15) is 0 Å².